The Kier molecular flexibility index (Phi) is 6.23. The Morgan fingerprint density at radius 3 is 2.27 bits per heavy atom. The third-order valence-corrected chi connectivity index (χ3v) is 4.82. The summed E-state index contributed by atoms with van der Waals surface area (Å²) in [7, 11) is 0. The molecule has 0 spiro atoms. The Morgan fingerprint density at radius 1 is 1.10 bits per heavy atom. The van der Waals surface area contributed by atoms with Crippen molar-refractivity contribution in [1.82, 2.24) is 4.98 Å². The number of rotatable bonds is 5. The molecule has 2 amide bonds. The maximum absolute atomic E-state index is 13.3. The Balaban J connectivity index is 1.93. The number of hydrogen-bond donors (Lipinski definition) is 3. The summed E-state index contributed by atoms with van der Waals surface area (Å²) in [5.41, 5.74) is 10.0. The average Bonchev–Trinajstić information content (AvgIpc) is 3.04. The second-order valence-electron chi connectivity index (χ2n) is 6.84. The van der Waals surface area contributed by atoms with E-state index >= 15 is 0 Å². The van der Waals surface area contributed by atoms with Gasteiger partial charge in [0, 0.05) is 27.7 Å². The molecule has 0 bridgehead atoms. The van der Waals surface area contributed by atoms with Crippen molar-refractivity contribution in [2.45, 2.75) is 20.4 Å². The molecule has 2 aromatic carbocycles. The van der Waals surface area contributed by atoms with Crippen molar-refractivity contribution in [2.75, 3.05) is 4.90 Å². The summed E-state index contributed by atoms with van der Waals surface area (Å²) in [5, 5.41) is 9.31. The molecule has 1 heterocycles. The Morgan fingerprint density at radius 2 is 1.73 bits per heavy atom. The van der Waals surface area contributed by atoms with Crippen molar-refractivity contribution in [3.05, 3.63) is 87.7 Å². The molecule has 0 saturated heterocycles. The number of aryl methyl sites for hydroxylation is 2. The lowest BCUT2D eigenvalue weighted by Crippen LogP contribution is -2.30. The maximum Gasteiger partial charge on any atom is 0.433 e. The summed E-state index contributed by atoms with van der Waals surface area (Å²) >= 11 is 6.01. The van der Waals surface area contributed by atoms with Gasteiger partial charge in [-0.15, -0.1) is 0 Å². The van der Waals surface area contributed by atoms with Crippen LogP contribution in [0.3, 0.4) is 0 Å². The summed E-state index contributed by atoms with van der Waals surface area (Å²) in [4.78, 5) is 32.2. The van der Waals surface area contributed by atoms with Gasteiger partial charge in [0.1, 0.15) is 5.84 Å². The number of halogens is 1. The molecule has 154 valence electrons. The van der Waals surface area contributed by atoms with Crippen LogP contribution in [0, 0.1) is 13.8 Å². The predicted octanol–water partition coefficient (Wildman–Crippen LogP) is 4.52. The molecular formula is C22H21ClN4O3. The lowest BCUT2D eigenvalue weighted by atomic mass is 10.1. The number of hydrogen-bond acceptors (Lipinski definition) is 2. The van der Waals surface area contributed by atoms with Gasteiger partial charge in [-0.2, -0.15) is 4.99 Å². The number of amidine groups is 1. The minimum atomic E-state index is -1.35. The molecule has 3 rings (SSSR count). The van der Waals surface area contributed by atoms with Crippen molar-refractivity contribution in [2.24, 2.45) is 10.7 Å². The summed E-state index contributed by atoms with van der Waals surface area (Å²) < 4.78 is 0. The number of amides is 2. The van der Waals surface area contributed by atoms with Gasteiger partial charge in [0.05, 0.1) is 12.1 Å². The molecule has 7 nitrogen and oxygen atoms in total. The number of carbonyl (C=O) groups excluding carboxylic acids is 1. The van der Waals surface area contributed by atoms with Gasteiger partial charge in [0.15, 0.2) is 0 Å². The quantitative estimate of drug-likeness (QED) is 0.413. The smallest absolute Gasteiger partial charge is 0.433 e. The van der Waals surface area contributed by atoms with Crippen molar-refractivity contribution >= 4 is 35.1 Å². The minimum Gasteiger partial charge on any atom is -0.463 e. The van der Waals surface area contributed by atoms with Crippen LogP contribution in [0.25, 0.3) is 0 Å². The number of aliphatic imine (C=N–C) groups is 1. The average molecular weight is 425 g/mol. The number of benzene rings is 2. The van der Waals surface area contributed by atoms with Crippen LogP contribution in [0.4, 0.5) is 10.5 Å². The van der Waals surface area contributed by atoms with E-state index in [0.29, 0.717) is 28.4 Å². The van der Waals surface area contributed by atoms with Gasteiger partial charge < -0.3 is 20.7 Å². The third-order valence-electron chi connectivity index (χ3n) is 4.57. The van der Waals surface area contributed by atoms with Gasteiger partial charge in [0.25, 0.3) is 5.91 Å². The first-order chi connectivity index (χ1) is 14.2. The summed E-state index contributed by atoms with van der Waals surface area (Å²) in [6.07, 6.45) is -1.35. The number of anilines is 1. The Labute approximate surface area is 178 Å². The molecule has 3 aromatic rings. The fraction of sp³-hybridized carbons (Fsp3) is 0.136. The van der Waals surface area contributed by atoms with E-state index < -0.39 is 6.09 Å². The lowest BCUT2D eigenvalue weighted by Gasteiger charge is -2.23. The fourth-order valence-corrected chi connectivity index (χ4v) is 3.25. The van der Waals surface area contributed by atoms with Gasteiger partial charge in [0.2, 0.25) is 0 Å². The molecule has 30 heavy (non-hydrogen) atoms. The zero-order valence-electron chi connectivity index (χ0n) is 16.5. The van der Waals surface area contributed by atoms with Crippen LogP contribution in [0.15, 0.2) is 59.6 Å². The monoisotopic (exact) mass is 424 g/mol. The van der Waals surface area contributed by atoms with Gasteiger partial charge in [-0.3, -0.25) is 4.79 Å². The van der Waals surface area contributed by atoms with Crippen LogP contribution in [-0.2, 0) is 6.54 Å². The van der Waals surface area contributed by atoms with Crippen LogP contribution in [0.5, 0.6) is 0 Å². The van der Waals surface area contributed by atoms with Crippen molar-refractivity contribution < 1.29 is 14.7 Å². The van der Waals surface area contributed by atoms with Crippen LogP contribution < -0.4 is 10.6 Å². The maximum atomic E-state index is 13.3. The predicted molar refractivity (Wildman–Crippen MR) is 117 cm³/mol. The number of carbonyl (C=O) groups is 2. The van der Waals surface area contributed by atoms with E-state index in [1.165, 1.54) is 0 Å². The summed E-state index contributed by atoms with van der Waals surface area (Å²) in [5.74, 6) is -0.228. The van der Waals surface area contributed by atoms with Crippen LogP contribution >= 0.6 is 11.6 Å². The van der Waals surface area contributed by atoms with E-state index in [1.807, 2.05) is 19.9 Å². The van der Waals surface area contributed by atoms with Gasteiger partial charge in [-0.25, -0.2) is 4.79 Å². The van der Waals surface area contributed by atoms with E-state index in [0.717, 1.165) is 17.0 Å². The summed E-state index contributed by atoms with van der Waals surface area (Å²) in [6.45, 7) is 4.07. The molecule has 0 aliphatic carbocycles. The molecule has 0 fully saturated rings. The number of aromatic amines is 1. The molecule has 4 N–H and O–H groups in total. The van der Waals surface area contributed by atoms with Crippen molar-refractivity contribution in [3.8, 4) is 0 Å². The minimum absolute atomic E-state index is 0.0851. The SMILES string of the molecule is Cc1cc(C(=O)N(Cc2ccc(/C(N)=N\C(=O)O)cc2)c2ccc(Cl)cc2)c(C)[nH]1. The number of nitrogens with one attached hydrogen (secondary N) is 1. The first kappa shape index (κ1) is 21.1. The standard InChI is InChI=1S/C22H21ClN4O3/c1-13-11-19(14(2)25-13)21(28)27(18-9-7-17(23)8-10-18)12-15-3-5-16(6-4-15)20(24)26-22(29)30/h3-11,25H,12H2,1-2H3,(H2,24,26)(H,29,30). The van der Waals surface area contributed by atoms with E-state index in [9.17, 15) is 9.59 Å². The highest BCUT2D eigenvalue weighted by Gasteiger charge is 2.21. The highest BCUT2D eigenvalue weighted by atomic mass is 35.5. The second-order valence-corrected chi connectivity index (χ2v) is 7.27. The molecule has 0 aliphatic rings. The van der Waals surface area contributed by atoms with Gasteiger partial charge in [-0.05, 0) is 49.7 Å². The zero-order chi connectivity index (χ0) is 21.8. The van der Waals surface area contributed by atoms with Crippen LogP contribution in [0.2, 0.25) is 5.02 Å². The van der Waals surface area contributed by atoms with E-state index in [1.54, 1.807) is 53.4 Å². The molecule has 0 unspecified atom stereocenters. The van der Waals surface area contributed by atoms with E-state index in [4.69, 9.17) is 22.4 Å². The normalized spacial score (nSPS) is 11.4. The molecule has 0 aliphatic heterocycles. The molecular weight excluding hydrogens is 404 g/mol. The molecule has 0 saturated carbocycles. The molecule has 8 heteroatoms. The number of nitrogens with two attached hydrogens (primary N) is 1. The highest BCUT2D eigenvalue weighted by Crippen LogP contribution is 2.24. The molecule has 1 aromatic heterocycles. The lowest BCUT2D eigenvalue weighted by molar-refractivity contribution is 0.0984. The van der Waals surface area contributed by atoms with Gasteiger partial charge in [-0.1, -0.05) is 35.9 Å². The topological polar surface area (TPSA) is 112 Å². The number of H-pyrrole nitrogens is 1. The van der Waals surface area contributed by atoms with Gasteiger partial charge >= 0.3 is 6.09 Å². The highest BCUT2D eigenvalue weighted by molar-refractivity contribution is 6.30. The van der Waals surface area contributed by atoms with E-state index in [-0.39, 0.29) is 11.7 Å². The molecule has 0 radical (unpaired) electrons. The van der Waals surface area contributed by atoms with Crippen molar-refractivity contribution in [1.29, 1.82) is 0 Å². The fourth-order valence-electron chi connectivity index (χ4n) is 3.12. The zero-order valence-corrected chi connectivity index (χ0v) is 17.3. The number of nitrogens with zero attached hydrogens (tertiary/aromatic N) is 2. The van der Waals surface area contributed by atoms with E-state index in [2.05, 4.69) is 9.98 Å². The number of carboxylic acid groups (broad SMARTS) is 1. The first-order valence-electron chi connectivity index (χ1n) is 9.14. The Hall–Kier alpha value is -3.58. The number of aromatic nitrogens is 1. The third kappa shape index (κ3) is 4.87. The second kappa shape index (κ2) is 8.84. The first-order valence-corrected chi connectivity index (χ1v) is 9.52. The van der Waals surface area contributed by atoms with Crippen LogP contribution in [0.1, 0.15) is 32.9 Å². The molecule has 0 atom stereocenters. The Bertz CT molecular complexity index is 1100. The largest absolute Gasteiger partial charge is 0.463 e. The van der Waals surface area contributed by atoms with Crippen LogP contribution in [-0.4, -0.2) is 27.9 Å². The van der Waals surface area contributed by atoms with Crippen molar-refractivity contribution in [3.63, 3.8) is 0 Å². The summed E-state index contributed by atoms with van der Waals surface area (Å²) in [6, 6.07) is 15.8.